The molecule has 1 aromatic heterocycles. The smallest absolute Gasteiger partial charge is 0.149 e. The number of aromatic nitrogens is 1. The second-order valence-electron chi connectivity index (χ2n) is 2.39. The Morgan fingerprint density at radius 2 is 2.08 bits per heavy atom. The van der Waals surface area contributed by atoms with E-state index in [0.717, 1.165) is 0 Å². The summed E-state index contributed by atoms with van der Waals surface area (Å²) in [7, 11) is 0. The van der Waals surface area contributed by atoms with Gasteiger partial charge in [0, 0.05) is 13.1 Å². The van der Waals surface area contributed by atoms with Crippen molar-refractivity contribution in [1.82, 2.24) is 4.98 Å². The van der Waals surface area contributed by atoms with Gasteiger partial charge in [0.15, 0.2) is 0 Å². The van der Waals surface area contributed by atoms with Crippen molar-refractivity contribution in [3.05, 3.63) is 12.1 Å². The third-order valence-electron chi connectivity index (χ3n) is 1.41. The van der Waals surface area contributed by atoms with Gasteiger partial charge < -0.3 is 22.5 Å². The molecule has 12 heavy (non-hydrogen) atoms. The number of hydrogen-bond donors (Lipinski definition) is 4. The third-order valence-corrected chi connectivity index (χ3v) is 1.41. The van der Waals surface area contributed by atoms with Crippen molar-refractivity contribution >= 4 is 17.3 Å². The SMILES string of the molecule is NCCNc1ccc(N)c(N)n1. The Hall–Kier alpha value is -1.49. The standard InChI is InChI=1S/C7H13N5/c8-3-4-11-6-2-1-5(9)7(10)12-6/h1-2H,3-4,8-9H2,(H3,10,11,12). The van der Waals surface area contributed by atoms with Crippen molar-refractivity contribution in [2.45, 2.75) is 0 Å². The summed E-state index contributed by atoms with van der Waals surface area (Å²) in [4.78, 5) is 4.00. The largest absolute Gasteiger partial charge is 0.396 e. The molecule has 0 aromatic carbocycles. The van der Waals surface area contributed by atoms with E-state index in [1.807, 2.05) is 0 Å². The average molecular weight is 167 g/mol. The van der Waals surface area contributed by atoms with Gasteiger partial charge in [-0.25, -0.2) is 4.98 Å². The van der Waals surface area contributed by atoms with Crippen LogP contribution in [0.25, 0.3) is 0 Å². The first-order valence-electron chi connectivity index (χ1n) is 3.70. The van der Waals surface area contributed by atoms with Gasteiger partial charge in [-0.1, -0.05) is 0 Å². The molecule has 1 rings (SSSR count). The minimum Gasteiger partial charge on any atom is -0.396 e. The molecule has 0 radical (unpaired) electrons. The summed E-state index contributed by atoms with van der Waals surface area (Å²) in [6.45, 7) is 1.24. The van der Waals surface area contributed by atoms with Gasteiger partial charge >= 0.3 is 0 Å². The highest BCUT2D eigenvalue weighted by atomic mass is 15.0. The fourth-order valence-corrected chi connectivity index (χ4v) is 0.784. The van der Waals surface area contributed by atoms with Crippen LogP contribution in [0, 0.1) is 0 Å². The quantitative estimate of drug-likeness (QED) is 0.491. The molecule has 1 heterocycles. The van der Waals surface area contributed by atoms with Gasteiger partial charge in [-0.2, -0.15) is 0 Å². The van der Waals surface area contributed by atoms with Crippen LogP contribution in [0.4, 0.5) is 17.3 Å². The fraction of sp³-hybridized carbons (Fsp3) is 0.286. The van der Waals surface area contributed by atoms with E-state index in [4.69, 9.17) is 17.2 Å². The number of nitrogens with zero attached hydrogens (tertiary/aromatic N) is 1. The number of pyridine rings is 1. The van der Waals surface area contributed by atoms with Gasteiger partial charge in [-0.3, -0.25) is 0 Å². The maximum Gasteiger partial charge on any atom is 0.149 e. The van der Waals surface area contributed by atoms with Crippen LogP contribution in [0.1, 0.15) is 0 Å². The van der Waals surface area contributed by atoms with E-state index < -0.39 is 0 Å². The predicted molar refractivity (Wildman–Crippen MR) is 50.6 cm³/mol. The maximum atomic E-state index is 5.49. The summed E-state index contributed by atoms with van der Waals surface area (Å²) in [6, 6.07) is 3.47. The van der Waals surface area contributed by atoms with E-state index in [-0.39, 0.29) is 0 Å². The Kier molecular flexibility index (Phi) is 2.71. The lowest BCUT2D eigenvalue weighted by molar-refractivity contribution is 1.01. The van der Waals surface area contributed by atoms with Crippen LogP contribution < -0.4 is 22.5 Å². The van der Waals surface area contributed by atoms with Crippen molar-refractivity contribution < 1.29 is 0 Å². The van der Waals surface area contributed by atoms with Crippen LogP contribution in [-0.2, 0) is 0 Å². The predicted octanol–water partition coefficient (Wildman–Crippen LogP) is -0.383. The minimum absolute atomic E-state index is 0.344. The highest BCUT2D eigenvalue weighted by Crippen LogP contribution is 2.13. The number of anilines is 3. The molecule has 1 aromatic rings. The van der Waals surface area contributed by atoms with Crippen LogP contribution in [0.5, 0.6) is 0 Å². The zero-order valence-electron chi connectivity index (χ0n) is 6.75. The molecular weight excluding hydrogens is 154 g/mol. The van der Waals surface area contributed by atoms with Crippen LogP contribution >= 0.6 is 0 Å². The first-order valence-corrected chi connectivity index (χ1v) is 3.70. The molecule has 0 atom stereocenters. The molecule has 0 aliphatic carbocycles. The van der Waals surface area contributed by atoms with E-state index in [1.165, 1.54) is 0 Å². The Morgan fingerprint density at radius 3 is 2.67 bits per heavy atom. The molecule has 5 nitrogen and oxygen atoms in total. The molecule has 66 valence electrons. The molecule has 0 saturated carbocycles. The topological polar surface area (TPSA) is 103 Å². The Balaban J connectivity index is 2.69. The van der Waals surface area contributed by atoms with Crippen LogP contribution in [0.2, 0.25) is 0 Å². The monoisotopic (exact) mass is 167 g/mol. The summed E-state index contributed by atoms with van der Waals surface area (Å²) < 4.78 is 0. The molecule has 0 amide bonds. The number of rotatable bonds is 3. The Morgan fingerprint density at radius 1 is 1.33 bits per heavy atom. The molecule has 0 aliphatic heterocycles. The molecule has 5 heteroatoms. The van der Waals surface area contributed by atoms with Gasteiger partial charge in [0.1, 0.15) is 11.6 Å². The minimum atomic E-state index is 0.344. The van der Waals surface area contributed by atoms with Gasteiger partial charge in [0.25, 0.3) is 0 Å². The zero-order valence-corrected chi connectivity index (χ0v) is 6.75. The summed E-state index contributed by atoms with van der Waals surface area (Å²) in [5.74, 6) is 1.05. The number of nitrogens with one attached hydrogen (secondary N) is 1. The second kappa shape index (κ2) is 3.77. The number of nitrogen functional groups attached to an aromatic ring is 2. The summed E-state index contributed by atoms with van der Waals surface area (Å²) in [5, 5.41) is 2.99. The van der Waals surface area contributed by atoms with Crippen molar-refractivity contribution in [3.63, 3.8) is 0 Å². The van der Waals surface area contributed by atoms with Gasteiger partial charge in [0.2, 0.25) is 0 Å². The molecule has 0 saturated heterocycles. The van der Waals surface area contributed by atoms with E-state index >= 15 is 0 Å². The van der Waals surface area contributed by atoms with Crippen molar-refractivity contribution in [3.8, 4) is 0 Å². The molecule has 0 unspecified atom stereocenters. The zero-order chi connectivity index (χ0) is 8.97. The van der Waals surface area contributed by atoms with E-state index in [0.29, 0.717) is 30.4 Å². The number of hydrogen-bond acceptors (Lipinski definition) is 5. The highest BCUT2D eigenvalue weighted by molar-refractivity contribution is 5.61. The number of nitrogens with two attached hydrogens (primary N) is 3. The summed E-state index contributed by atoms with van der Waals surface area (Å²) in [5.41, 5.74) is 16.8. The van der Waals surface area contributed by atoms with Crippen molar-refractivity contribution in [2.75, 3.05) is 29.9 Å². The Labute approximate surface area is 71.0 Å². The van der Waals surface area contributed by atoms with Gasteiger partial charge in [-0.15, -0.1) is 0 Å². The molecule has 0 bridgehead atoms. The van der Waals surface area contributed by atoms with Gasteiger partial charge in [0.05, 0.1) is 5.69 Å². The lowest BCUT2D eigenvalue weighted by Gasteiger charge is -2.05. The molecule has 0 spiro atoms. The molecular formula is C7H13N5. The molecule has 0 aliphatic rings. The lowest BCUT2D eigenvalue weighted by Crippen LogP contribution is -2.14. The van der Waals surface area contributed by atoms with E-state index in [9.17, 15) is 0 Å². The van der Waals surface area contributed by atoms with Crippen molar-refractivity contribution in [1.29, 1.82) is 0 Å². The highest BCUT2D eigenvalue weighted by Gasteiger charge is 1.96. The lowest BCUT2D eigenvalue weighted by atomic mass is 10.4. The molecule has 7 N–H and O–H groups in total. The van der Waals surface area contributed by atoms with Crippen LogP contribution in [0.15, 0.2) is 12.1 Å². The average Bonchev–Trinajstić information content (AvgIpc) is 2.07. The maximum absolute atomic E-state index is 5.49. The fourth-order valence-electron chi connectivity index (χ4n) is 0.784. The summed E-state index contributed by atoms with van der Waals surface area (Å²) >= 11 is 0. The van der Waals surface area contributed by atoms with Crippen LogP contribution in [-0.4, -0.2) is 18.1 Å². The van der Waals surface area contributed by atoms with E-state index in [2.05, 4.69) is 10.3 Å². The van der Waals surface area contributed by atoms with Crippen LogP contribution in [0.3, 0.4) is 0 Å². The summed E-state index contributed by atoms with van der Waals surface area (Å²) in [6.07, 6.45) is 0. The van der Waals surface area contributed by atoms with Crippen molar-refractivity contribution in [2.24, 2.45) is 5.73 Å². The normalized spacial score (nSPS) is 9.75. The second-order valence-corrected chi connectivity index (χ2v) is 2.39. The van der Waals surface area contributed by atoms with E-state index in [1.54, 1.807) is 12.1 Å². The first-order chi connectivity index (χ1) is 5.74. The third kappa shape index (κ3) is 2.00. The van der Waals surface area contributed by atoms with Gasteiger partial charge in [-0.05, 0) is 12.1 Å². The molecule has 0 fully saturated rings. The Bertz CT molecular complexity index is 260. The first kappa shape index (κ1) is 8.61.